The van der Waals surface area contributed by atoms with Gasteiger partial charge in [-0.2, -0.15) is 0 Å². The van der Waals surface area contributed by atoms with E-state index in [1.807, 2.05) is 0 Å². The molecule has 0 saturated heterocycles. The van der Waals surface area contributed by atoms with Crippen molar-refractivity contribution in [2.24, 2.45) is 4.99 Å². The molecule has 1 unspecified atom stereocenters. The number of rotatable bonds is 5. The minimum Gasteiger partial charge on any atom is -0.330 e. The molecule has 0 aromatic carbocycles. The molecule has 0 amide bonds. The van der Waals surface area contributed by atoms with E-state index in [1.54, 1.807) is 31.9 Å². The Morgan fingerprint density at radius 1 is 1.82 bits per heavy atom. The highest BCUT2D eigenvalue weighted by atomic mass is 32.9. The minimum absolute atomic E-state index is 0.954. The van der Waals surface area contributed by atoms with Crippen molar-refractivity contribution in [2.75, 3.05) is 19.9 Å². The first-order valence-corrected chi connectivity index (χ1v) is 7.48. The van der Waals surface area contributed by atoms with Gasteiger partial charge in [0.1, 0.15) is 0 Å². The van der Waals surface area contributed by atoms with Crippen LogP contribution >= 0.6 is 17.0 Å². The van der Waals surface area contributed by atoms with Crippen molar-refractivity contribution in [1.82, 2.24) is 5.09 Å². The largest absolute Gasteiger partial charge is 0.330 e. The summed E-state index contributed by atoms with van der Waals surface area (Å²) < 4.78 is 5.17. The Labute approximate surface area is 76.9 Å². The summed E-state index contributed by atoms with van der Waals surface area (Å²) in [6, 6.07) is 0. The maximum absolute atomic E-state index is 5.22. The monoisotopic (exact) mass is 212 g/mol. The van der Waals surface area contributed by atoms with Gasteiger partial charge < -0.3 is 9.61 Å². The molecule has 0 radical (unpaired) electrons. The molecule has 0 aliphatic heterocycles. The molecule has 0 aliphatic carbocycles. The molecule has 0 aromatic rings. The fourth-order valence-electron chi connectivity index (χ4n) is 0.441. The van der Waals surface area contributed by atoms with E-state index < -0.39 is 5.62 Å². The number of hydrogen-bond donors (Lipinski definition) is 1. The third kappa shape index (κ3) is 4.80. The molecule has 1 atom stereocenters. The van der Waals surface area contributed by atoms with E-state index in [0.717, 1.165) is 5.75 Å². The third-order valence-electron chi connectivity index (χ3n) is 0.884. The molecule has 66 valence electrons. The Morgan fingerprint density at radius 2 is 2.45 bits per heavy atom. The first kappa shape index (κ1) is 11.4. The van der Waals surface area contributed by atoms with Crippen LogP contribution < -0.4 is 5.09 Å². The van der Waals surface area contributed by atoms with Crippen molar-refractivity contribution in [3.63, 3.8) is 0 Å². The summed E-state index contributed by atoms with van der Waals surface area (Å²) in [5, 5.41) is 2.97. The van der Waals surface area contributed by atoms with E-state index in [4.69, 9.17) is 16.3 Å². The lowest BCUT2D eigenvalue weighted by Crippen LogP contribution is -2.06. The van der Waals surface area contributed by atoms with Crippen LogP contribution in [0.4, 0.5) is 0 Å². The summed E-state index contributed by atoms with van der Waals surface area (Å²) in [4.78, 5) is 3.78. The van der Waals surface area contributed by atoms with Gasteiger partial charge in [0.15, 0.2) is 0 Å². The summed E-state index contributed by atoms with van der Waals surface area (Å²) in [6.07, 6.45) is 1.59. The van der Waals surface area contributed by atoms with E-state index in [2.05, 4.69) is 17.0 Å². The van der Waals surface area contributed by atoms with Crippen LogP contribution in [0.15, 0.2) is 4.99 Å². The van der Waals surface area contributed by atoms with E-state index in [-0.39, 0.29) is 0 Å². The molecule has 6 heteroatoms. The minimum atomic E-state index is -1.87. The van der Waals surface area contributed by atoms with Crippen LogP contribution in [0, 0.1) is 0 Å². The third-order valence-corrected chi connectivity index (χ3v) is 6.66. The Bertz CT molecular complexity index is 174. The first-order chi connectivity index (χ1) is 5.18. The highest BCUT2D eigenvalue weighted by Gasteiger charge is 2.12. The van der Waals surface area contributed by atoms with Gasteiger partial charge in [0, 0.05) is 14.2 Å². The maximum Gasteiger partial charge on any atom is 0.210 e. The molecule has 3 nitrogen and oxygen atoms in total. The Balaban J connectivity index is 3.99. The summed E-state index contributed by atoms with van der Waals surface area (Å²) >= 11 is 6.84. The van der Waals surface area contributed by atoms with Gasteiger partial charge in [0.05, 0.1) is 6.34 Å². The maximum atomic E-state index is 5.22. The lowest BCUT2D eigenvalue weighted by molar-refractivity contribution is 0.468. The van der Waals surface area contributed by atoms with Crippen LogP contribution in [0.5, 0.6) is 0 Å². The van der Waals surface area contributed by atoms with Gasteiger partial charge in [-0.15, -0.1) is 0 Å². The van der Waals surface area contributed by atoms with Gasteiger partial charge in [-0.25, -0.2) is 0 Å². The number of aliphatic imine (C=N–C) groups is 1. The molecule has 0 spiro atoms. The van der Waals surface area contributed by atoms with Gasteiger partial charge in [0.2, 0.25) is 5.62 Å². The molecule has 0 fully saturated rings. The van der Waals surface area contributed by atoms with Crippen LogP contribution in [0.2, 0.25) is 0 Å². The van der Waals surface area contributed by atoms with Gasteiger partial charge in [0.25, 0.3) is 0 Å². The van der Waals surface area contributed by atoms with E-state index in [9.17, 15) is 0 Å². The zero-order valence-corrected chi connectivity index (χ0v) is 9.43. The SMILES string of the molecule is CCSP(=S)(NC=NC)OC. The number of nitrogens with one attached hydrogen (secondary N) is 1. The highest BCUT2D eigenvalue weighted by Crippen LogP contribution is 2.54. The van der Waals surface area contributed by atoms with Crippen molar-refractivity contribution in [3.05, 3.63) is 0 Å². The van der Waals surface area contributed by atoms with Crippen molar-refractivity contribution in [1.29, 1.82) is 0 Å². The Morgan fingerprint density at radius 3 is 2.82 bits per heavy atom. The average molecular weight is 212 g/mol. The second-order valence-electron chi connectivity index (χ2n) is 1.61. The van der Waals surface area contributed by atoms with Crippen molar-refractivity contribution in [3.8, 4) is 0 Å². The topological polar surface area (TPSA) is 33.6 Å². The number of hydrogen-bond acceptors (Lipinski definition) is 4. The van der Waals surface area contributed by atoms with E-state index in [0.29, 0.717) is 0 Å². The fraction of sp³-hybridized carbons (Fsp3) is 0.800. The molecule has 0 bridgehead atoms. The van der Waals surface area contributed by atoms with Gasteiger partial charge in [-0.1, -0.05) is 18.3 Å². The van der Waals surface area contributed by atoms with Crippen LogP contribution in [-0.2, 0) is 16.3 Å². The van der Waals surface area contributed by atoms with Crippen LogP contribution in [0.3, 0.4) is 0 Å². The lowest BCUT2D eigenvalue weighted by Gasteiger charge is -2.17. The molecule has 1 N–H and O–H groups in total. The lowest BCUT2D eigenvalue weighted by atomic mass is 11.0. The number of nitrogens with zero attached hydrogens (tertiary/aromatic N) is 1. The zero-order valence-electron chi connectivity index (χ0n) is 6.90. The van der Waals surface area contributed by atoms with E-state index in [1.165, 1.54) is 0 Å². The van der Waals surface area contributed by atoms with E-state index >= 15 is 0 Å². The molecular weight excluding hydrogens is 199 g/mol. The molecule has 0 rings (SSSR count). The van der Waals surface area contributed by atoms with Gasteiger partial charge >= 0.3 is 0 Å². The summed E-state index contributed by atoms with van der Waals surface area (Å²) in [6.45, 7) is 2.05. The van der Waals surface area contributed by atoms with Crippen molar-refractivity contribution in [2.45, 2.75) is 6.92 Å². The van der Waals surface area contributed by atoms with Crippen LogP contribution in [0.25, 0.3) is 0 Å². The second-order valence-corrected chi connectivity index (χ2v) is 8.62. The molecule has 11 heavy (non-hydrogen) atoms. The molecule has 0 aromatic heterocycles. The molecule has 0 aliphatic rings. The van der Waals surface area contributed by atoms with Crippen LogP contribution in [-0.4, -0.2) is 26.2 Å². The molecule has 0 heterocycles. The highest BCUT2D eigenvalue weighted by molar-refractivity contribution is 8.68. The normalized spacial score (nSPS) is 16.6. The summed E-state index contributed by atoms with van der Waals surface area (Å²) in [7, 11) is 3.32. The van der Waals surface area contributed by atoms with Gasteiger partial charge in [-0.3, -0.25) is 4.99 Å². The predicted octanol–water partition coefficient (Wildman–Crippen LogP) is 1.86. The Kier molecular flexibility index (Phi) is 6.24. The fourth-order valence-corrected chi connectivity index (χ4v) is 4.11. The molecule has 0 saturated carbocycles. The van der Waals surface area contributed by atoms with Crippen molar-refractivity contribution < 1.29 is 4.52 Å². The van der Waals surface area contributed by atoms with Gasteiger partial charge in [-0.05, 0) is 17.6 Å². The molecular formula is C5H13N2OPS2. The summed E-state index contributed by atoms with van der Waals surface area (Å²) in [5.41, 5.74) is -1.87. The first-order valence-electron chi connectivity index (χ1n) is 3.17. The zero-order chi connectivity index (χ0) is 8.74. The van der Waals surface area contributed by atoms with Crippen LogP contribution in [0.1, 0.15) is 6.92 Å². The predicted molar refractivity (Wildman–Crippen MR) is 57.0 cm³/mol. The summed E-state index contributed by atoms with van der Waals surface area (Å²) in [5.74, 6) is 0.954. The standard InChI is InChI=1S/C5H13N2OPS2/c1-4-11-9(10,8-3)7-5-6-2/h5H,4H2,1-3H3,(H,6,7,10). The van der Waals surface area contributed by atoms with Crippen molar-refractivity contribution >= 4 is 35.1 Å². The smallest absolute Gasteiger partial charge is 0.210 e. The quantitative estimate of drug-likeness (QED) is 0.428. The Hall–Kier alpha value is 0.430. The average Bonchev–Trinajstić information content (AvgIpc) is 2.02. The second kappa shape index (κ2) is 6.00.